The summed E-state index contributed by atoms with van der Waals surface area (Å²) in [6, 6.07) is 4.08. The molecule has 0 aromatic carbocycles. The van der Waals surface area contributed by atoms with Gasteiger partial charge in [-0.3, -0.25) is 0 Å². The third-order valence-electron chi connectivity index (χ3n) is 7.62. The normalized spacial score (nSPS) is 26.3. The Labute approximate surface area is 224 Å². The van der Waals surface area contributed by atoms with Crippen molar-refractivity contribution in [2.24, 2.45) is 0 Å². The summed E-state index contributed by atoms with van der Waals surface area (Å²) in [5.41, 5.74) is -1.05. The lowest BCUT2D eigenvalue weighted by Crippen LogP contribution is -2.67. The number of aromatic nitrogens is 3. The number of sulfonamides is 1. The van der Waals surface area contributed by atoms with Crippen molar-refractivity contribution in [1.29, 1.82) is 0 Å². The number of fused-ring (bicyclic) bond motifs is 2. The molecule has 5 aliphatic heterocycles. The summed E-state index contributed by atoms with van der Waals surface area (Å²) >= 11 is 0. The molecule has 0 spiro atoms. The van der Waals surface area contributed by atoms with Crippen molar-refractivity contribution in [3.8, 4) is 5.88 Å². The third-order valence-corrected chi connectivity index (χ3v) is 9.50. The maximum atomic E-state index is 13.5. The van der Waals surface area contributed by atoms with Crippen molar-refractivity contribution in [2.45, 2.75) is 61.0 Å². The fourth-order valence-corrected chi connectivity index (χ4v) is 6.88. The standard InChI is InChI=1S/C24H30F3N7O4S/c25-24(26,27)20-11-29-23(32-22(20)38-18-5-8-37-14-18)31-15-3-6-34(7-4-15)39(35,36)19-1-2-21(28-10-19)33-12-16-9-17(13-33)30-16/h1-2,10-11,15-18,30H,3-9,12-14H2,(H,29,31,32)/t16?,17?,18-/m0/s1. The lowest BCUT2D eigenvalue weighted by molar-refractivity contribution is -0.139. The molecule has 11 nitrogen and oxygen atoms in total. The first kappa shape index (κ1) is 26.5. The molecule has 0 amide bonds. The van der Waals surface area contributed by atoms with Crippen LogP contribution < -0.4 is 20.3 Å². The monoisotopic (exact) mass is 569 g/mol. The van der Waals surface area contributed by atoms with E-state index in [-0.39, 0.29) is 36.6 Å². The predicted octanol–water partition coefficient (Wildman–Crippen LogP) is 1.87. The van der Waals surface area contributed by atoms with Crippen molar-refractivity contribution in [3.05, 3.63) is 30.1 Å². The van der Waals surface area contributed by atoms with Crippen LogP contribution in [0.3, 0.4) is 0 Å². The lowest BCUT2D eigenvalue weighted by atomic mass is 9.91. The maximum absolute atomic E-state index is 13.5. The second-order valence-corrected chi connectivity index (χ2v) is 12.3. The number of hydrogen-bond acceptors (Lipinski definition) is 10. The molecule has 5 saturated heterocycles. The first-order valence-electron chi connectivity index (χ1n) is 13.1. The van der Waals surface area contributed by atoms with Crippen LogP contribution in [-0.2, 0) is 20.9 Å². The van der Waals surface area contributed by atoms with Crippen LogP contribution in [0.2, 0.25) is 0 Å². The van der Waals surface area contributed by atoms with Gasteiger partial charge in [-0.15, -0.1) is 0 Å². The lowest BCUT2D eigenvalue weighted by Gasteiger charge is -2.48. The molecule has 15 heteroatoms. The smallest absolute Gasteiger partial charge is 0.423 e. The average molecular weight is 570 g/mol. The van der Waals surface area contributed by atoms with Crippen LogP contribution in [0.5, 0.6) is 5.88 Å². The Morgan fingerprint density at radius 1 is 1.08 bits per heavy atom. The van der Waals surface area contributed by atoms with Gasteiger partial charge in [0, 0.05) is 63.1 Å². The quantitative estimate of drug-likeness (QED) is 0.511. The molecule has 2 aromatic heterocycles. The van der Waals surface area contributed by atoms with Gasteiger partial charge >= 0.3 is 6.18 Å². The summed E-state index contributed by atoms with van der Waals surface area (Å²) in [6.07, 6.45) is -0.527. The maximum Gasteiger partial charge on any atom is 0.423 e. The van der Waals surface area contributed by atoms with E-state index in [0.717, 1.165) is 18.9 Å². The van der Waals surface area contributed by atoms with Gasteiger partial charge in [0.25, 0.3) is 0 Å². The summed E-state index contributed by atoms with van der Waals surface area (Å²) in [4.78, 5) is 14.6. The van der Waals surface area contributed by atoms with Crippen molar-refractivity contribution in [3.63, 3.8) is 0 Å². The Morgan fingerprint density at radius 2 is 1.82 bits per heavy atom. The van der Waals surface area contributed by atoms with Crippen LogP contribution >= 0.6 is 0 Å². The Balaban J connectivity index is 1.07. The summed E-state index contributed by atoms with van der Waals surface area (Å²) in [5.74, 6) is 0.237. The molecule has 212 valence electrons. The van der Waals surface area contributed by atoms with E-state index in [4.69, 9.17) is 9.47 Å². The molecule has 0 radical (unpaired) electrons. The summed E-state index contributed by atoms with van der Waals surface area (Å²) in [5, 5.41) is 6.50. The highest BCUT2D eigenvalue weighted by Gasteiger charge is 2.39. The van der Waals surface area contributed by atoms with E-state index >= 15 is 0 Å². The van der Waals surface area contributed by atoms with Gasteiger partial charge in [0.15, 0.2) is 0 Å². The van der Waals surface area contributed by atoms with Gasteiger partial charge in [-0.1, -0.05) is 0 Å². The van der Waals surface area contributed by atoms with Gasteiger partial charge in [0.2, 0.25) is 21.9 Å². The molecular weight excluding hydrogens is 539 g/mol. The SMILES string of the molecule is O=S(=O)(c1ccc(N2CC3CC(C2)N3)nc1)N1CCC(Nc2ncc(C(F)(F)F)c(O[C@H]3CCOC3)n2)CC1. The number of alkyl halides is 3. The van der Waals surface area contributed by atoms with E-state index in [1.807, 2.05) is 0 Å². The van der Waals surface area contributed by atoms with E-state index in [2.05, 4.69) is 30.5 Å². The van der Waals surface area contributed by atoms with Crippen molar-refractivity contribution >= 4 is 21.8 Å². The van der Waals surface area contributed by atoms with E-state index in [1.54, 1.807) is 12.1 Å². The number of piperazine rings is 1. The summed E-state index contributed by atoms with van der Waals surface area (Å²) < 4.78 is 78.9. The summed E-state index contributed by atoms with van der Waals surface area (Å²) in [7, 11) is -3.73. The molecule has 5 aliphatic rings. The summed E-state index contributed by atoms with van der Waals surface area (Å²) in [6.45, 7) is 2.83. The molecule has 2 N–H and O–H groups in total. The van der Waals surface area contributed by atoms with Crippen LogP contribution in [0.1, 0.15) is 31.2 Å². The fourth-order valence-electron chi connectivity index (χ4n) is 5.47. The zero-order valence-electron chi connectivity index (χ0n) is 21.1. The number of hydrogen-bond donors (Lipinski definition) is 2. The average Bonchev–Trinajstić information content (AvgIpc) is 3.41. The largest absolute Gasteiger partial charge is 0.471 e. The zero-order chi connectivity index (χ0) is 27.2. The molecule has 0 saturated carbocycles. The molecule has 7 heterocycles. The van der Waals surface area contributed by atoms with E-state index in [1.165, 1.54) is 16.9 Å². The molecule has 2 bridgehead atoms. The Kier molecular flexibility index (Phi) is 7.02. The van der Waals surface area contributed by atoms with Gasteiger partial charge in [0.1, 0.15) is 22.4 Å². The number of nitrogens with zero attached hydrogens (tertiary/aromatic N) is 5. The van der Waals surface area contributed by atoms with Crippen molar-refractivity contribution in [1.82, 2.24) is 24.6 Å². The molecule has 7 rings (SSSR count). The second-order valence-electron chi connectivity index (χ2n) is 10.4. The Bertz CT molecular complexity index is 1270. The van der Waals surface area contributed by atoms with Crippen LogP contribution in [0.15, 0.2) is 29.4 Å². The number of rotatable bonds is 7. The third kappa shape index (κ3) is 5.62. The molecule has 5 fully saturated rings. The predicted molar refractivity (Wildman–Crippen MR) is 134 cm³/mol. The highest BCUT2D eigenvalue weighted by Crippen LogP contribution is 2.36. The topological polar surface area (TPSA) is 122 Å². The van der Waals surface area contributed by atoms with Gasteiger partial charge in [0.05, 0.1) is 13.2 Å². The Morgan fingerprint density at radius 3 is 2.44 bits per heavy atom. The number of pyridine rings is 1. The molecule has 2 aromatic rings. The van der Waals surface area contributed by atoms with Gasteiger partial charge in [-0.05, 0) is 31.4 Å². The van der Waals surface area contributed by atoms with E-state index < -0.39 is 33.7 Å². The minimum absolute atomic E-state index is 0.00330. The molecule has 0 aliphatic carbocycles. The molecule has 39 heavy (non-hydrogen) atoms. The minimum Gasteiger partial charge on any atom is -0.471 e. The van der Waals surface area contributed by atoms with Gasteiger partial charge < -0.3 is 25.0 Å². The number of ether oxygens (including phenoxy) is 2. The molecular formula is C24H30F3N7O4S. The zero-order valence-corrected chi connectivity index (χ0v) is 21.9. The number of anilines is 2. The van der Waals surface area contributed by atoms with E-state index in [0.29, 0.717) is 44.1 Å². The molecule has 3 atom stereocenters. The van der Waals surface area contributed by atoms with Gasteiger partial charge in [-0.2, -0.15) is 22.5 Å². The first-order chi connectivity index (χ1) is 18.6. The van der Waals surface area contributed by atoms with Crippen LogP contribution in [0.25, 0.3) is 0 Å². The fraction of sp³-hybridized carbons (Fsp3) is 0.625. The second kappa shape index (κ2) is 10.3. The van der Waals surface area contributed by atoms with Gasteiger partial charge in [-0.25, -0.2) is 18.4 Å². The van der Waals surface area contributed by atoms with Crippen LogP contribution in [0.4, 0.5) is 24.9 Å². The first-order valence-corrected chi connectivity index (χ1v) is 14.5. The van der Waals surface area contributed by atoms with Crippen LogP contribution in [-0.4, -0.2) is 91.3 Å². The minimum atomic E-state index is -4.66. The highest BCUT2D eigenvalue weighted by molar-refractivity contribution is 7.89. The number of nitrogens with one attached hydrogen (secondary N) is 2. The van der Waals surface area contributed by atoms with Crippen LogP contribution in [0, 0.1) is 0 Å². The Hall–Kier alpha value is -2.75. The highest BCUT2D eigenvalue weighted by atomic mass is 32.2. The number of piperidine rings is 2. The number of halogens is 3. The van der Waals surface area contributed by atoms with E-state index in [9.17, 15) is 21.6 Å². The molecule has 2 unspecified atom stereocenters. The van der Waals surface area contributed by atoms with Crippen molar-refractivity contribution in [2.75, 3.05) is 49.6 Å². The van der Waals surface area contributed by atoms with Crippen molar-refractivity contribution < 1.29 is 31.1 Å².